The van der Waals surface area contributed by atoms with Crippen molar-refractivity contribution < 1.29 is 22.7 Å². The molecular formula is C11H14FNO4S. The topological polar surface area (TPSA) is 83.5 Å². The monoisotopic (exact) mass is 275 g/mol. The summed E-state index contributed by atoms with van der Waals surface area (Å²) in [5.41, 5.74) is -0.0866. The Bertz CT molecular complexity index is 556. The van der Waals surface area contributed by atoms with E-state index < -0.39 is 33.2 Å². The van der Waals surface area contributed by atoms with Crippen LogP contribution in [0.4, 0.5) is 10.1 Å². The predicted octanol–water partition coefficient (Wildman–Crippen LogP) is 1.37. The SMILES string of the molecule is CC(CS(C)(=O)=O)Nc1ccc(F)c(C(=O)O)c1. The van der Waals surface area contributed by atoms with Crippen molar-refractivity contribution in [1.82, 2.24) is 0 Å². The van der Waals surface area contributed by atoms with Crippen molar-refractivity contribution in [1.29, 1.82) is 0 Å². The first-order valence-electron chi connectivity index (χ1n) is 5.16. The molecular weight excluding hydrogens is 261 g/mol. The number of nitrogens with one attached hydrogen (secondary N) is 1. The molecule has 0 heterocycles. The summed E-state index contributed by atoms with van der Waals surface area (Å²) in [6.07, 6.45) is 1.11. The normalized spacial score (nSPS) is 13.1. The van der Waals surface area contributed by atoms with Crippen molar-refractivity contribution in [3.05, 3.63) is 29.6 Å². The van der Waals surface area contributed by atoms with Gasteiger partial charge in [0.1, 0.15) is 15.7 Å². The number of anilines is 1. The Balaban J connectivity index is 2.86. The van der Waals surface area contributed by atoms with E-state index in [9.17, 15) is 17.6 Å². The molecule has 2 N–H and O–H groups in total. The van der Waals surface area contributed by atoms with Gasteiger partial charge in [-0.3, -0.25) is 0 Å². The molecule has 1 unspecified atom stereocenters. The molecule has 0 bridgehead atoms. The average molecular weight is 275 g/mol. The number of carboxylic acid groups (broad SMARTS) is 1. The van der Waals surface area contributed by atoms with Crippen LogP contribution in [0.3, 0.4) is 0 Å². The van der Waals surface area contributed by atoms with Crippen LogP contribution in [0.25, 0.3) is 0 Å². The fourth-order valence-electron chi connectivity index (χ4n) is 1.56. The molecule has 100 valence electrons. The Morgan fingerprint density at radius 2 is 2.11 bits per heavy atom. The zero-order valence-electron chi connectivity index (χ0n) is 9.97. The zero-order chi connectivity index (χ0) is 13.9. The minimum atomic E-state index is -3.13. The molecule has 0 radical (unpaired) electrons. The molecule has 0 aliphatic carbocycles. The van der Waals surface area contributed by atoms with Crippen LogP contribution in [-0.2, 0) is 9.84 Å². The molecule has 0 aromatic heterocycles. The minimum Gasteiger partial charge on any atom is -0.478 e. The first-order chi connectivity index (χ1) is 8.19. The second-order valence-corrected chi connectivity index (χ2v) is 6.32. The number of carboxylic acids is 1. The molecule has 0 spiro atoms. The molecule has 18 heavy (non-hydrogen) atoms. The third kappa shape index (κ3) is 4.33. The van der Waals surface area contributed by atoms with Gasteiger partial charge in [-0.15, -0.1) is 0 Å². The lowest BCUT2D eigenvalue weighted by molar-refractivity contribution is 0.0692. The summed E-state index contributed by atoms with van der Waals surface area (Å²) in [6, 6.07) is 3.13. The molecule has 1 rings (SSSR count). The van der Waals surface area contributed by atoms with Gasteiger partial charge in [0, 0.05) is 18.0 Å². The largest absolute Gasteiger partial charge is 0.478 e. The van der Waals surface area contributed by atoms with E-state index in [0.29, 0.717) is 5.69 Å². The highest BCUT2D eigenvalue weighted by Crippen LogP contribution is 2.16. The third-order valence-electron chi connectivity index (χ3n) is 2.16. The highest BCUT2D eigenvalue weighted by molar-refractivity contribution is 7.90. The van der Waals surface area contributed by atoms with E-state index in [1.807, 2.05) is 0 Å². The van der Waals surface area contributed by atoms with E-state index in [2.05, 4.69) is 5.32 Å². The van der Waals surface area contributed by atoms with Crippen LogP contribution in [0.15, 0.2) is 18.2 Å². The van der Waals surface area contributed by atoms with Crippen LogP contribution in [-0.4, -0.2) is 37.5 Å². The van der Waals surface area contributed by atoms with Crippen molar-refractivity contribution in [2.75, 3.05) is 17.3 Å². The van der Waals surface area contributed by atoms with Crippen molar-refractivity contribution in [2.24, 2.45) is 0 Å². The fourth-order valence-corrected chi connectivity index (χ4v) is 2.55. The number of carbonyl (C=O) groups is 1. The van der Waals surface area contributed by atoms with Crippen molar-refractivity contribution in [2.45, 2.75) is 13.0 Å². The van der Waals surface area contributed by atoms with Gasteiger partial charge in [0.25, 0.3) is 0 Å². The molecule has 0 aliphatic rings. The summed E-state index contributed by atoms with van der Waals surface area (Å²) in [6.45, 7) is 1.64. The molecule has 1 aromatic rings. The van der Waals surface area contributed by atoms with Gasteiger partial charge in [-0.1, -0.05) is 0 Å². The van der Waals surface area contributed by atoms with Gasteiger partial charge in [0.05, 0.1) is 11.3 Å². The lowest BCUT2D eigenvalue weighted by Crippen LogP contribution is -2.25. The number of rotatable bonds is 5. The van der Waals surface area contributed by atoms with E-state index in [-0.39, 0.29) is 5.75 Å². The minimum absolute atomic E-state index is 0.0905. The standard InChI is InChI=1S/C11H14FNO4S/c1-7(6-18(2,16)17)13-8-3-4-10(12)9(5-8)11(14)15/h3-5,7,13H,6H2,1-2H3,(H,14,15). The highest BCUT2D eigenvalue weighted by atomic mass is 32.2. The van der Waals surface area contributed by atoms with E-state index in [1.165, 1.54) is 6.07 Å². The Hall–Kier alpha value is -1.63. The first-order valence-corrected chi connectivity index (χ1v) is 7.22. The lowest BCUT2D eigenvalue weighted by atomic mass is 10.2. The Morgan fingerprint density at radius 3 is 2.61 bits per heavy atom. The lowest BCUT2D eigenvalue weighted by Gasteiger charge is -2.14. The molecule has 0 fully saturated rings. The van der Waals surface area contributed by atoms with Crippen LogP contribution < -0.4 is 5.32 Å². The summed E-state index contributed by atoms with van der Waals surface area (Å²) in [7, 11) is -3.13. The van der Waals surface area contributed by atoms with Crippen LogP contribution in [0.1, 0.15) is 17.3 Å². The number of benzene rings is 1. The smallest absolute Gasteiger partial charge is 0.338 e. The molecule has 5 nitrogen and oxygen atoms in total. The summed E-state index contributed by atoms with van der Waals surface area (Å²) in [5.74, 6) is -2.29. The second kappa shape index (κ2) is 5.34. The van der Waals surface area contributed by atoms with Gasteiger partial charge in [-0.2, -0.15) is 0 Å². The van der Waals surface area contributed by atoms with Crippen LogP contribution in [0.5, 0.6) is 0 Å². The van der Waals surface area contributed by atoms with E-state index in [4.69, 9.17) is 5.11 Å². The quantitative estimate of drug-likeness (QED) is 0.848. The van der Waals surface area contributed by atoms with E-state index in [0.717, 1.165) is 18.4 Å². The molecule has 0 aliphatic heterocycles. The predicted molar refractivity (Wildman–Crippen MR) is 66.2 cm³/mol. The number of hydrogen-bond acceptors (Lipinski definition) is 4. The fraction of sp³-hybridized carbons (Fsp3) is 0.364. The molecule has 0 saturated heterocycles. The third-order valence-corrected chi connectivity index (χ3v) is 3.27. The van der Waals surface area contributed by atoms with E-state index in [1.54, 1.807) is 6.92 Å². The van der Waals surface area contributed by atoms with Crippen molar-refractivity contribution in [3.63, 3.8) is 0 Å². The van der Waals surface area contributed by atoms with Crippen LogP contribution >= 0.6 is 0 Å². The molecule has 0 saturated carbocycles. The molecule has 7 heteroatoms. The van der Waals surface area contributed by atoms with Gasteiger partial charge in [0.15, 0.2) is 0 Å². The van der Waals surface area contributed by atoms with Crippen molar-refractivity contribution >= 4 is 21.5 Å². The van der Waals surface area contributed by atoms with Gasteiger partial charge < -0.3 is 10.4 Å². The van der Waals surface area contributed by atoms with E-state index >= 15 is 0 Å². The van der Waals surface area contributed by atoms with Gasteiger partial charge >= 0.3 is 5.97 Å². The first kappa shape index (κ1) is 14.4. The zero-order valence-corrected chi connectivity index (χ0v) is 10.8. The highest BCUT2D eigenvalue weighted by Gasteiger charge is 2.13. The van der Waals surface area contributed by atoms with Crippen LogP contribution in [0.2, 0.25) is 0 Å². The Kier molecular flexibility index (Phi) is 4.28. The van der Waals surface area contributed by atoms with Gasteiger partial charge in [-0.05, 0) is 25.1 Å². The maximum Gasteiger partial charge on any atom is 0.338 e. The average Bonchev–Trinajstić information content (AvgIpc) is 2.17. The molecule has 0 amide bonds. The number of aromatic carboxylic acids is 1. The Labute approximate surface area is 105 Å². The maximum absolute atomic E-state index is 13.1. The van der Waals surface area contributed by atoms with Crippen LogP contribution in [0, 0.1) is 5.82 Å². The maximum atomic E-state index is 13.1. The van der Waals surface area contributed by atoms with Crippen molar-refractivity contribution in [3.8, 4) is 0 Å². The molecule has 1 aromatic carbocycles. The van der Waals surface area contributed by atoms with Gasteiger partial charge in [-0.25, -0.2) is 17.6 Å². The summed E-state index contributed by atoms with van der Waals surface area (Å²) in [5, 5.41) is 11.6. The Morgan fingerprint density at radius 1 is 1.50 bits per heavy atom. The number of sulfone groups is 1. The number of hydrogen-bond donors (Lipinski definition) is 2. The number of halogens is 1. The summed E-state index contributed by atoms with van der Waals surface area (Å²) >= 11 is 0. The second-order valence-electron chi connectivity index (χ2n) is 4.14. The summed E-state index contributed by atoms with van der Waals surface area (Å²) < 4.78 is 35.3. The summed E-state index contributed by atoms with van der Waals surface area (Å²) in [4.78, 5) is 10.7. The molecule has 1 atom stereocenters. The van der Waals surface area contributed by atoms with Gasteiger partial charge in [0.2, 0.25) is 0 Å².